The van der Waals surface area contributed by atoms with Crippen LogP contribution in [0.4, 0.5) is 10.1 Å². The van der Waals surface area contributed by atoms with Gasteiger partial charge in [-0.1, -0.05) is 6.07 Å². The first kappa shape index (κ1) is 17.3. The molecule has 6 nitrogen and oxygen atoms in total. The quantitative estimate of drug-likeness (QED) is 0.741. The van der Waals surface area contributed by atoms with Gasteiger partial charge in [0.2, 0.25) is 0 Å². The molecule has 0 spiro atoms. The van der Waals surface area contributed by atoms with E-state index in [-0.39, 0.29) is 11.8 Å². The number of nitrogens with one attached hydrogen (secondary N) is 2. The molecule has 0 radical (unpaired) electrons. The predicted molar refractivity (Wildman–Crippen MR) is 95.2 cm³/mol. The van der Waals surface area contributed by atoms with Gasteiger partial charge in [0.15, 0.2) is 0 Å². The van der Waals surface area contributed by atoms with Gasteiger partial charge in [0.05, 0.1) is 12.2 Å². The maximum atomic E-state index is 12.9. The third-order valence-electron chi connectivity index (χ3n) is 3.84. The first-order valence-corrected chi connectivity index (χ1v) is 7.95. The molecular weight excluding hydrogens is 335 g/mol. The van der Waals surface area contributed by atoms with Gasteiger partial charge in [0.25, 0.3) is 11.8 Å². The molecule has 2 aromatic carbocycles. The van der Waals surface area contributed by atoms with E-state index in [9.17, 15) is 14.0 Å². The number of nitrogens with zero attached hydrogens (tertiary/aromatic N) is 2. The predicted octanol–water partition coefficient (Wildman–Crippen LogP) is 2.74. The van der Waals surface area contributed by atoms with Gasteiger partial charge in [-0.2, -0.15) is 5.10 Å². The number of aromatic nitrogens is 2. The molecule has 26 heavy (non-hydrogen) atoms. The van der Waals surface area contributed by atoms with Crippen molar-refractivity contribution in [3.63, 3.8) is 0 Å². The molecule has 1 aromatic heterocycles. The van der Waals surface area contributed by atoms with Crippen molar-refractivity contribution in [1.82, 2.24) is 15.1 Å². The van der Waals surface area contributed by atoms with Crippen molar-refractivity contribution in [1.29, 1.82) is 0 Å². The molecule has 3 aromatic rings. The molecule has 0 fully saturated rings. The van der Waals surface area contributed by atoms with Crippen LogP contribution >= 0.6 is 0 Å². The highest BCUT2D eigenvalue weighted by Gasteiger charge is 2.10. The number of aryl methyl sites for hydroxylation is 1. The van der Waals surface area contributed by atoms with Crippen LogP contribution in [0, 0.1) is 5.82 Å². The van der Waals surface area contributed by atoms with E-state index in [2.05, 4.69) is 15.7 Å². The number of halogens is 1. The Labute approximate surface area is 149 Å². The number of rotatable bonds is 5. The normalized spacial score (nSPS) is 10.4. The molecule has 1 heterocycles. The minimum atomic E-state index is -0.409. The number of anilines is 1. The van der Waals surface area contributed by atoms with Crippen LogP contribution in [0.15, 0.2) is 60.8 Å². The second kappa shape index (κ2) is 7.60. The van der Waals surface area contributed by atoms with Gasteiger partial charge in [-0.05, 0) is 48.5 Å². The maximum Gasteiger partial charge on any atom is 0.255 e. The monoisotopic (exact) mass is 352 g/mol. The van der Waals surface area contributed by atoms with Crippen LogP contribution in [0.3, 0.4) is 0 Å². The van der Waals surface area contributed by atoms with Crippen molar-refractivity contribution in [3.05, 3.63) is 83.4 Å². The van der Waals surface area contributed by atoms with E-state index >= 15 is 0 Å². The Morgan fingerprint density at radius 3 is 2.50 bits per heavy atom. The zero-order valence-corrected chi connectivity index (χ0v) is 14.1. The van der Waals surface area contributed by atoms with Crippen molar-refractivity contribution in [2.24, 2.45) is 7.05 Å². The van der Waals surface area contributed by atoms with Crippen LogP contribution in [0.25, 0.3) is 0 Å². The summed E-state index contributed by atoms with van der Waals surface area (Å²) in [5.74, 6) is -1.05. The van der Waals surface area contributed by atoms with Crippen LogP contribution in [0.2, 0.25) is 0 Å². The van der Waals surface area contributed by atoms with Gasteiger partial charge in [0.1, 0.15) is 5.82 Å². The summed E-state index contributed by atoms with van der Waals surface area (Å²) in [5.41, 5.74) is 2.10. The Balaban J connectivity index is 1.65. The molecular formula is C19H17FN4O2. The molecule has 7 heteroatoms. The van der Waals surface area contributed by atoms with Crippen LogP contribution in [0.1, 0.15) is 26.4 Å². The van der Waals surface area contributed by atoms with Crippen LogP contribution in [0.5, 0.6) is 0 Å². The summed E-state index contributed by atoms with van der Waals surface area (Å²) in [6, 6.07) is 13.7. The third kappa shape index (κ3) is 4.13. The van der Waals surface area contributed by atoms with Crippen LogP contribution in [-0.4, -0.2) is 21.6 Å². The second-order valence-electron chi connectivity index (χ2n) is 5.67. The van der Waals surface area contributed by atoms with E-state index in [1.54, 1.807) is 42.2 Å². The standard InChI is InChI=1S/C19H17FN4O2/c1-24-17(9-10-22-24)12-21-18(25)14-3-2-4-16(11-14)23-19(26)13-5-7-15(20)8-6-13/h2-11H,12H2,1H3,(H,21,25)(H,23,26). The summed E-state index contributed by atoms with van der Waals surface area (Å²) in [6.07, 6.45) is 1.66. The van der Waals surface area contributed by atoms with Crippen molar-refractivity contribution < 1.29 is 14.0 Å². The highest BCUT2D eigenvalue weighted by atomic mass is 19.1. The molecule has 0 atom stereocenters. The number of benzene rings is 2. The summed E-state index contributed by atoms with van der Waals surface area (Å²) in [4.78, 5) is 24.5. The van der Waals surface area contributed by atoms with E-state index in [4.69, 9.17) is 0 Å². The highest BCUT2D eigenvalue weighted by molar-refractivity contribution is 6.05. The molecule has 0 saturated heterocycles. The lowest BCUT2D eigenvalue weighted by atomic mass is 10.1. The summed E-state index contributed by atoms with van der Waals surface area (Å²) in [6.45, 7) is 0.349. The molecule has 0 bridgehead atoms. The molecule has 2 N–H and O–H groups in total. The largest absolute Gasteiger partial charge is 0.346 e. The van der Waals surface area contributed by atoms with Gasteiger partial charge in [0, 0.05) is 30.1 Å². The summed E-state index contributed by atoms with van der Waals surface area (Å²) in [7, 11) is 1.80. The van der Waals surface area contributed by atoms with Crippen molar-refractivity contribution >= 4 is 17.5 Å². The van der Waals surface area contributed by atoms with Crippen molar-refractivity contribution in [2.45, 2.75) is 6.54 Å². The molecule has 0 aliphatic heterocycles. The van der Waals surface area contributed by atoms with Crippen molar-refractivity contribution in [2.75, 3.05) is 5.32 Å². The number of hydrogen-bond acceptors (Lipinski definition) is 3. The van der Waals surface area contributed by atoms with Gasteiger partial charge < -0.3 is 10.6 Å². The fraction of sp³-hybridized carbons (Fsp3) is 0.105. The topological polar surface area (TPSA) is 76.0 Å². The van der Waals surface area contributed by atoms with Gasteiger partial charge in [-0.25, -0.2) is 4.39 Å². The van der Waals surface area contributed by atoms with E-state index in [1.807, 2.05) is 6.07 Å². The Kier molecular flexibility index (Phi) is 5.07. The van der Waals surface area contributed by atoms with Crippen molar-refractivity contribution in [3.8, 4) is 0 Å². The van der Waals surface area contributed by atoms with E-state index < -0.39 is 5.82 Å². The summed E-state index contributed by atoms with van der Waals surface area (Å²) in [5, 5.41) is 9.55. The van der Waals surface area contributed by atoms with Gasteiger partial charge in [-0.15, -0.1) is 0 Å². The molecule has 3 rings (SSSR count). The molecule has 0 aliphatic rings. The van der Waals surface area contributed by atoms with Gasteiger partial charge in [-0.3, -0.25) is 14.3 Å². The average Bonchev–Trinajstić information content (AvgIpc) is 3.05. The number of carbonyl (C=O) groups excluding carboxylic acids is 2. The fourth-order valence-corrected chi connectivity index (χ4v) is 2.39. The average molecular weight is 352 g/mol. The fourth-order valence-electron chi connectivity index (χ4n) is 2.39. The summed E-state index contributed by atoms with van der Waals surface area (Å²) >= 11 is 0. The van der Waals surface area contributed by atoms with Crippen LogP contribution in [-0.2, 0) is 13.6 Å². The lowest BCUT2D eigenvalue weighted by molar-refractivity contribution is 0.0948. The lowest BCUT2D eigenvalue weighted by Gasteiger charge is -2.09. The van der Waals surface area contributed by atoms with E-state index in [1.165, 1.54) is 24.3 Å². The Hall–Kier alpha value is -3.48. The number of hydrogen-bond donors (Lipinski definition) is 2. The Bertz CT molecular complexity index is 935. The third-order valence-corrected chi connectivity index (χ3v) is 3.84. The SMILES string of the molecule is Cn1nccc1CNC(=O)c1cccc(NC(=O)c2ccc(F)cc2)c1. The zero-order chi connectivity index (χ0) is 18.5. The first-order valence-electron chi connectivity index (χ1n) is 7.95. The Morgan fingerprint density at radius 2 is 1.81 bits per heavy atom. The van der Waals surface area contributed by atoms with E-state index in [0.717, 1.165) is 5.69 Å². The highest BCUT2D eigenvalue weighted by Crippen LogP contribution is 2.13. The summed E-state index contributed by atoms with van der Waals surface area (Å²) < 4.78 is 14.6. The first-order chi connectivity index (χ1) is 12.5. The van der Waals surface area contributed by atoms with Crippen LogP contribution < -0.4 is 10.6 Å². The molecule has 132 valence electrons. The lowest BCUT2D eigenvalue weighted by Crippen LogP contribution is -2.24. The Morgan fingerprint density at radius 1 is 1.04 bits per heavy atom. The molecule has 0 aliphatic carbocycles. The minimum absolute atomic E-state index is 0.260. The smallest absolute Gasteiger partial charge is 0.255 e. The van der Waals surface area contributed by atoms with Gasteiger partial charge >= 0.3 is 0 Å². The van der Waals surface area contributed by atoms with E-state index in [0.29, 0.717) is 23.4 Å². The molecule has 0 unspecified atom stereocenters. The maximum absolute atomic E-state index is 12.9. The molecule has 2 amide bonds. The minimum Gasteiger partial charge on any atom is -0.346 e. The molecule has 0 saturated carbocycles. The zero-order valence-electron chi connectivity index (χ0n) is 14.1. The number of amides is 2. The number of carbonyl (C=O) groups is 2. The second-order valence-corrected chi connectivity index (χ2v) is 5.67.